The molecule has 0 bridgehead atoms. The zero-order valence-electron chi connectivity index (χ0n) is 27.4. The molecule has 10 rings (SSSR count). The fourth-order valence-corrected chi connectivity index (χ4v) is 8.28. The highest BCUT2D eigenvalue weighted by molar-refractivity contribution is 7.27. The largest absolute Gasteiger partial charge is 0.247 e. The lowest BCUT2D eigenvalue weighted by Crippen LogP contribution is -2.00. The minimum atomic E-state index is 0.626. The minimum Gasteiger partial charge on any atom is -0.247 e. The molecule has 0 saturated heterocycles. The summed E-state index contributed by atoms with van der Waals surface area (Å²) < 4.78 is 2.53. The first-order valence-corrected chi connectivity index (χ1v) is 17.8. The maximum absolute atomic E-state index is 5.35. The summed E-state index contributed by atoms with van der Waals surface area (Å²) in [7, 11) is 0. The van der Waals surface area contributed by atoms with Gasteiger partial charge < -0.3 is 0 Å². The van der Waals surface area contributed by atoms with Crippen molar-refractivity contribution in [2.45, 2.75) is 0 Å². The van der Waals surface area contributed by atoms with Crippen molar-refractivity contribution in [3.05, 3.63) is 170 Å². The number of rotatable bonds is 5. The lowest BCUT2D eigenvalue weighted by molar-refractivity contribution is 1.07. The number of hydrogen-bond acceptors (Lipinski definition) is 5. The Morgan fingerprint density at radius 3 is 1.49 bits per heavy atom. The van der Waals surface area contributed by atoms with Gasteiger partial charge in [0.1, 0.15) is 0 Å². The van der Waals surface area contributed by atoms with E-state index < -0.39 is 0 Å². The Morgan fingerprint density at radius 2 is 0.824 bits per heavy atom. The Labute approximate surface area is 298 Å². The van der Waals surface area contributed by atoms with Crippen molar-refractivity contribution in [1.29, 1.82) is 0 Å². The van der Waals surface area contributed by atoms with Gasteiger partial charge in [-0.25, -0.2) is 19.9 Å². The van der Waals surface area contributed by atoms with Crippen LogP contribution < -0.4 is 0 Å². The van der Waals surface area contributed by atoms with E-state index in [9.17, 15) is 0 Å². The van der Waals surface area contributed by atoms with Crippen LogP contribution in [0.4, 0.5) is 0 Å². The van der Waals surface area contributed by atoms with Gasteiger partial charge in [0.25, 0.3) is 0 Å². The Balaban J connectivity index is 1.11. The first kappa shape index (κ1) is 29.4. The van der Waals surface area contributed by atoms with E-state index in [1.165, 1.54) is 41.9 Å². The second kappa shape index (κ2) is 12.1. The molecule has 0 N–H and O–H groups in total. The molecule has 3 heterocycles. The third-order valence-corrected chi connectivity index (χ3v) is 10.7. The number of benzene rings is 7. The van der Waals surface area contributed by atoms with Gasteiger partial charge in [0.05, 0.1) is 11.2 Å². The molecule has 238 valence electrons. The average molecular weight is 669 g/mol. The molecule has 0 aliphatic rings. The molecule has 7 aromatic carbocycles. The van der Waals surface area contributed by atoms with Crippen molar-refractivity contribution in [2.75, 3.05) is 0 Å². The molecule has 0 aliphatic carbocycles. The van der Waals surface area contributed by atoms with Gasteiger partial charge in [-0.15, -0.1) is 11.3 Å². The molecule has 10 aromatic rings. The van der Waals surface area contributed by atoms with Gasteiger partial charge in [-0.1, -0.05) is 158 Å². The maximum Gasteiger partial charge on any atom is 0.164 e. The molecule has 0 saturated carbocycles. The van der Waals surface area contributed by atoms with Gasteiger partial charge in [-0.05, 0) is 34.0 Å². The summed E-state index contributed by atoms with van der Waals surface area (Å²) in [6.45, 7) is 0. The second-order valence-corrected chi connectivity index (χ2v) is 13.7. The van der Waals surface area contributed by atoms with Crippen LogP contribution in [-0.2, 0) is 0 Å². The Kier molecular flexibility index (Phi) is 6.96. The predicted octanol–water partition coefficient (Wildman–Crippen LogP) is 12.3. The highest BCUT2D eigenvalue weighted by Crippen LogP contribution is 2.44. The van der Waals surface area contributed by atoms with Crippen molar-refractivity contribution >= 4 is 53.2 Å². The van der Waals surface area contributed by atoms with Crippen molar-refractivity contribution in [2.24, 2.45) is 0 Å². The van der Waals surface area contributed by atoms with Gasteiger partial charge in [0.2, 0.25) is 0 Å². The smallest absolute Gasteiger partial charge is 0.164 e. The third kappa shape index (κ3) is 5.14. The highest BCUT2D eigenvalue weighted by atomic mass is 32.1. The summed E-state index contributed by atoms with van der Waals surface area (Å²) in [5.41, 5.74) is 8.15. The molecule has 0 spiro atoms. The van der Waals surface area contributed by atoms with Crippen LogP contribution >= 0.6 is 11.3 Å². The average Bonchev–Trinajstić information content (AvgIpc) is 3.61. The Morgan fingerprint density at radius 1 is 0.333 bits per heavy atom. The van der Waals surface area contributed by atoms with Crippen molar-refractivity contribution in [3.63, 3.8) is 0 Å². The Hall–Kier alpha value is -6.56. The summed E-state index contributed by atoms with van der Waals surface area (Å²) in [5.74, 6) is 1.90. The first-order chi connectivity index (χ1) is 25.3. The molecular weight excluding hydrogens is 641 g/mol. The summed E-state index contributed by atoms with van der Waals surface area (Å²) in [6, 6.07) is 59.0. The number of aromatic nitrogens is 4. The van der Waals surface area contributed by atoms with Crippen molar-refractivity contribution in [1.82, 2.24) is 19.9 Å². The summed E-state index contributed by atoms with van der Waals surface area (Å²) in [6.07, 6.45) is 0. The molecule has 3 aromatic heterocycles. The lowest BCUT2D eigenvalue weighted by atomic mass is 9.99. The molecule has 0 aliphatic heterocycles. The predicted molar refractivity (Wildman–Crippen MR) is 213 cm³/mol. The normalized spacial score (nSPS) is 11.5. The van der Waals surface area contributed by atoms with Crippen LogP contribution in [0.3, 0.4) is 0 Å². The van der Waals surface area contributed by atoms with Crippen LogP contribution in [0, 0.1) is 0 Å². The van der Waals surface area contributed by atoms with Crippen LogP contribution in [0.5, 0.6) is 0 Å². The summed E-state index contributed by atoms with van der Waals surface area (Å²) in [4.78, 5) is 20.3. The second-order valence-electron chi connectivity index (χ2n) is 12.6. The lowest BCUT2D eigenvalue weighted by Gasteiger charge is -2.11. The number of fused-ring (bicyclic) bond motifs is 7. The fraction of sp³-hybridized carbons (Fsp3) is 0. The number of pyridine rings is 1. The number of thiophene rings is 1. The highest BCUT2D eigenvalue weighted by Gasteiger charge is 2.19. The fourth-order valence-electron chi connectivity index (χ4n) is 7.00. The van der Waals surface area contributed by atoms with E-state index in [2.05, 4.69) is 133 Å². The first-order valence-electron chi connectivity index (χ1n) is 17.0. The van der Waals surface area contributed by atoms with E-state index in [0.29, 0.717) is 17.5 Å². The molecule has 0 unspecified atom stereocenters. The maximum atomic E-state index is 5.35. The topological polar surface area (TPSA) is 51.6 Å². The van der Waals surface area contributed by atoms with Crippen molar-refractivity contribution < 1.29 is 0 Å². The molecule has 0 amide bonds. The van der Waals surface area contributed by atoms with E-state index in [4.69, 9.17) is 19.9 Å². The summed E-state index contributed by atoms with van der Waals surface area (Å²) in [5, 5.41) is 6.09. The van der Waals surface area contributed by atoms with Gasteiger partial charge >= 0.3 is 0 Å². The van der Waals surface area contributed by atoms with E-state index in [-0.39, 0.29) is 0 Å². The molecule has 5 heteroatoms. The van der Waals surface area contributed by atoms with Crippen LogP contribution in [0.15, 0.2) is 170 Å². The number of hydrogen-bond donors (Lipinski definition) is 0. The van der Waals surface area contributed by atoms with Crippen LogP contribution in [0.1, 0.15) is 0 Å². The SMILES string of the molecule is c1ccc(-c2ccc(-c3nc(-c4ccccc4)nc(-c4ccc(-c5nc6ccc7ccccc7c6c6sc7ccccc7c56)cc4)n3)cc2)cc1. The van der Waals surface area contributed by atoms with Gasteiger partial charge in [-0.3, -0.25) is 0 Å². The zero-order chi connectivity index (χ0) is 33.7. The van der Waals surface area contributed by atoms with Crippen LogP contribution in [0.25, 0.3) is 98.4 Å². The standard InChI is InChI=1S/C46H28N4S/c1-3-11-29(12-4-1)30-19-23-34(24-20-30)45-48-44(33-14-5-2-6-15-33)49-46(50-45)35-25-21-32(22-26-35)42-41-37-17-9-10-18-39(37)51-43(41)40-36-16-8-7-13-31(36)27-28-38(40)47-42/h1-28H. The van der Waals surface area contributed by atoms with Crippen LogP contribution in [-0.4, -0.2) is 19.9 Å². The van der Waals surface area contributed by atoms with Gasteiger partial charge in [0.15, 0.2) is 17.5 Å². The molecule has 0 fully saturated rings. The molecular formula is C46H28N4S. The monoisotopic (exact) mass is 668 g/mol. The van der Waals surface area contributed by atoms with Crippen LogP contribution in [0.2, 0.25) is 0 Å². The van der Waals surface area contributed by atoms with E-state index in [1.54, 1.807) is 0 Å². The third-order valence-electron chi connectivity index (χ3n) is 9.53. The number of nitrogens with zero attached hydrogens (tertiary/aromatic N) is 4. The quantitative estimate of drug-likeness (QED) is 0.171. The Bertz CT molecular complexity index is 2880. The summed E-state index contributed by atoms with van der Waals surface area (Å²) >= 11 is 1.85. The molecule has 4 nitrogen and oxygen atoms in total. The van der Waals surface area contributed by atoms with E-state index in [0.717, 1.165) is 39.0 Å². The van der Waals surface area contributed by atoms with Gasteiger partial charge in [-0.2, -0.15) is 0 Å². The zero-order valence-corrected chi connectivity index (χ0v) is 28.2. The van der Waals surface area contributed by atoms with Gasteiger partial charge in [0, 0.05) is 47.8 Å². The molecule has 0 radical (unpaired) electrons. The van der Waals surface area contributed by atoms with E-state index in [1.807, 2.05) is 47.7 Å². The molecule has 0 atom stereocenters. The van der Waals surface area contributed by atoms with E-state index >= 15 is 0 Å². The van der Waals surface area contributed by atoms with Crippen molar-refractivity contribution in [3.8, 4) is 56.5 Å². The minimum absolute atomic E-state index is 0.626. The molecule has 51 heavy (non-hydrogen) atoms.